The fraction of sp³-hybridized carbons (Fsp3) is 0.400. The van der Waals surface area contributed by atoms with Crippen LogP contribution in [0.15, 0.2) is 33.7 Å². The van der Waals surface area contributed by atoms with Crippen LogP contribution in [-0.4, -0.2) is 41.9 Å². The fourth-order valence-electron chi connectivity index (χ4n) is 2.60. The van der Waals surface area contributed by atoms with Gasteiger partial charge in [0.2, 0.25) is 0 Å². The van der Waals surface area contributed by atoms with E-state index in [0.29, 0.717) is 6.04 Å². The standard InChI is InChI=1S/C15H18N2OS2/c1-12(13-2-8-19-10-13)16-4-6-17(7-5-16)15(18)14-3-9-20-11-14/h2-3,8-12H,4-7H2,1H3/t12-/m1/s1. The topological polar surface area (TPSA) is 23.6 Å². The molecular weight excluding hydrogens is 288 g/mol. The lowest BCUT2D eigenvalue weighted by atomic mass is 10.1. The van der Waals surface area contributed by atoms with Crippen LogP contribution in [-0.2, 0) is 0 Å². The molecule has 0 N–H and O–H groups in total. The Bertz CT molecular complexity index is 542. The lowest BCUT2D eigenvalue weighted by Gasteiger charge is -2.37. The third kappa shape index (κ3) is 2.80. The van der Waals surface area contributed by atoms with E-state index in [1.807, 2.05) is 21.7 Å². The van der Waals surface area contributed by atoms with Crippen LogP contribution in [0.3, 0.4) is 0 Å². The van der Waals surface area contributed by atoms with E-state index in [1.54, 1.807) is 22.7 Å². The van der Waals surface area contributed by atoms with Crippen molar-refractivity contribution in [2.24, 2.45) is 0 Å². The summed E-state index contributed by atoms with van der Waals surface area (Å²) in [4.78, 5) is 16.7. The van der Waals surface area contributed by atoms with E-state index in [9.17, 15) is 4.79 Å². The second-order valence-corrected chi connectivity index (χ2v) is 6.63. The molecule has 0 unspecified atom stereocenters. The number of amides is 1. The maximum Gasteiger partial charge on any atom is 0.254 e. The van der Waals surface area contributed by atoms with E-state index in [4.69, 9.17) is 0 Å². The van der Waals surface area contributed by atoms with Crippen LogP contribution in [0.25, 0.3) is 0 Å². The molecule has 2 aromatic rings. The summed E-state index contributed by atoms with van der Waals surface area (Å²) >= 11 is 3.32. The molecule has 3 nitrogen and oxygen atoms in total. The predicted molar refractivity (Wildman–Crippen MR) is 84.5 cm³/mol. The summed E-state index contributed by atoms with van der Waals surface area (Å²) in [6.45, 7) is 5.80. The minimum absolute atomic E-state index is 0.175. The van der Waals surface area contributed by atoms with Crippen molar-refractivity contribution in [2.45, 2.75) is 13.0 Å². The summed E-state index contributed by atoms with van der Waals surface area (Å²) in [5.74, 6) is 0.175. The number of carbonyl (C=O) groups excluding carboxylic acids is 1. The summed E-state index contributed by atoms with van der Waals surface area (Å²) in [6.07, 6.45) is 0. The molecule has 1 aliphatic rings. The summed E-state index contributed by atoms with van der Waals surface area (Å²) in [7, 11) is 0. The monoisotopic (exact) mass is 306 g/mol. The van der Waals surface area contributed by atoms with Gasteiger partial charge in [0.1, 0.15) is 0 Å². The molecule has 106 valence electrons. The molecule has 0 saturated carbocycles. The first-order valence-electron chi connectivity index (χ1n) is 6.83. The Kier molecular flexibility index (Phi) is 4.19. The van der Waals surface area contributed by atoms with E-state index < -0.39 is 0 Å². The van der Waals surface area contributed by atoms with Gasteiger partial charge in [0.05, 0.1) is 5.56 Å². The highest BCUT2D eigenvalue weighted by atomic mass is 32.1. The van der Waals surface area contributed by atoms with E-state index >= 15 is 0 Å². The summed E-state index contributed by atoms with van der Waals surface area (Å²) in [6, 6.07) is 4.55. The van der Waals surface area contributed by atoms with Crippen LogP contribution < -0.4 is 0 Å². The lowest BCUT2D eigenvalue weighted by molar-refractivity contribution is 0.0583. The molecule has 1 fully saturated rings. The minimum atomic E-state index is 0.175. The number of thiophene rings is 2. The van der Waals surface area contributed by atoms with Crippen molar-refractivity contribution in [3.8, 4) is 0 Å². The van der Waals surface area contributed by atoms with E-state index in [1.165, 1.54) is 5.56 Å². The third-order valence-electron chi connectivity index (χ3n) is 3.94. The summed E-state index contributed by atoms with van der Waals surface area (Å²) in [5, 5.41) is 8.24. The Morgan fingerprint density at radius 2 is 1.80 bits per heavy atom. The first kappa shape index (κ1) is 13.8. The van der Waals surface area contributed by atoms with Gasteiger partial charge in [-0.15, -0.1) is 0 Å². The second kappa shape index (κ2) is 6.08. The molecule has 1 atom stereocenters. The van der Waals surface area contributed by atoms with Crippen molar-refractivity contribution in [2.75, 3.05) is 26.2 Å². The normalized spacial score (nSPS) is 18.1. The number of carbonyl (C=O) groups is 1. The van der Waals surface area contributed by atoms with Gasteiger partial charge in [0.25, 0.3) is 5.91 Å². The SMILES string of the molecule is C[C@H](c1ccsc1)N1CCN(C(=O)c2ccsc2)CC1. The largest absolute Gasteiger partial charge is 0.336 e. The van der Waals surface area contributed by atoms with Crippen molar-refractivity contribution < 1.29 is 4.79 Å². The molecule has 3 rings (SSSR count). The van der Waals surface area contributed by atoms with Gasteiger partial charge in [0.15, 0.2) is 0 Å². The molecule has 1 aliphatic heterocycles. The Morgan fingerprint density at radius 3 is 2.40 bits per heavy atom. The summed E-state index contributed by atoms with van der Waals surface area (Å²) in [5.41, 5.74) is 2.21. The molecule has 0 bridgehead atoms. The molecule has 5 heteroatoms. The Labute approximate surface area is 127 Å². The first-order valence-corrected chi connectivity index (χ1v) is 8.72. The number of hydrogen-bond acceptors (Lipinski definition) is 4. The highest BCUT2D eigenvalue weighted by Gasteiger charge is 2.25. The predicted octanol–water partition coefficient (Wildman–Crippen LogP) is 3.33. The van der Waals surface area contributed by atoms with Gasteiger partial charge in [-0.1, -0.05) is 0 Å². The molecule has 1 saturated heterocycles. The first-order chi connectivity index (χ1) is 9.75. The van der Waals surface area contributed by atoms with Gasteiger partial charge in [-0.25, -0.2) is 0 Å². The van der Waals surface area contributed by atoms with E-state index in [0.717, 1.165) is 31.7 Å². The summed E-state index contributed by atoms with van der Waals surface area (Å²) < 4.78 is 0. The molecule has 0 radical (unpaired) electrons. The maximum atomic E-state index is 12.3. The van der Waals surface area contributed by atoms with Gasteiger partial charge < -0.3 is 4.90 Å². The highest BCUT2D eigenvalue weighted by Crippen LogP contribution is 2.24. The van der Waals surface area contributed by atoms with Gasteiger partial charge in [-0.3, -0.25) is 9.69 Å². The zero-order chi connectivity index (χ0) is 13.9. The van der Waals surface area contributed by atoms with Crippen LogP contribution in [0.1, 0.15) is 28.9 Å². The molecule has 0 aliphatic carbocycles. The van der Waals surface area contributed by atoms with Crippen LogP contribution in [0.5, 0.6) is 0 Å². The molecule has 3 heterocycles. The van der Waals surface area contributed by atoms with Crippen molar-refractivity contribution >= 4 is 28.6 Å². The van der Waals surface area contributed by atoms with Crippen LogP contribution >= 0.6 is 22.7 Å². The quantitative estimate of drug-likeness (QED) is 0.868. The molecule has 1 amide bonds. The van der Waals surface area contributed by atoms with Crippen molar-refractivity contribution in [1.29, 1.82) is 0 Å². The third-order valence-corrected chi connectivity index (χ3v) is 5.33. The van der Waals surface area contributed by atoms with Crippen LogP contribution in [0.2, 0.25) is 0 Å². The van der Waals surface area contributed by atoms with Gasteiger partial charge >= 0.3 is 0 Å². The molecular formula is C15H18N2OS2. The molecule has 0 aromatic carbocycles. The number of hydrogen-bond donors (Lipinski definition) is 0. The van der Waals surface area contributed by atoms with Gasteiger partial charge in [0, 0.05) is 37.6 Å². The fourth-order valence-corrected chi connectivity index (χ4v) is 3.98. The average Bonchev–Trinajstić information content (AvgIpc) is 3.18. The number of nitrogens with zero attached hydrogens (tertiary/aromatic N) is 2. The maximum absolute atomic E-state index is 12.3. The van der Waals surface area contributed by atoms with Gasteiger partial charge in [-0.2, -0.15) is 22.7 Å². The zero-order valence-corrected chi connectivity index (χ0v) is 13.1. The number of piperazine rings is 1. The van der Waals surface area contributed by atoms with Crippen LogP contribution in [0, 0.1) is 0 Å². The smallest absolute Gasteiger partial charge is 0.254 e. The Hall–Kier alpha value is -1.17. The van der Waals surface area contributed by atoms with Crippen LogP contribution in [0.4, 0.5) is 0 Å². The second-order valence-electron chi connectivity index (χ2n) is 5.07. The van der Waals surface area contributed by atoms with Crippen molar-refractivity contribution in [3.63, 3.8) is 0 Å². The van der Waals surface area contributed by atoms with E-state index in [-0.39, 0.29) is 5.91 Å². The Morgan fingerprint density at radius 1 is 1.10 bits per heavy atom. The lowest BCUT2D eigenvalue weighted by Crippen LogP contribution is -2.49. The molecule has 0 spiro atoms. The van der Waals surface area contributed by atoms with E-state index in [2.05, 4.69) is 28.7 Å². The van der Waals surface area contributed by atoms with Crippen molar-refractivity contribution in [1.82, 2.24) is 9.80 Å². The average molecular weight is 306 g/mol. The molecule has 2 aromatic heterocycles. The van der Waals surface area contributed by atoms with Gasteiger partial charge in [-0.05, 0) is 40.8 Å². The Balaban J connectivity index is 1.58. The number of rotatable bonds is 3. The highest BCUT2D eigenvalue weighted by molar-refractivity contribution is 7.08. The van der Waals surface area contributed by atoms with Crippen molar-refractivity contribution in [3.05, 3.63) is 44.8 Å². The zero-order valence-electron chi connectivity index (χ0n) is 11.5. The molecule has 20 heavy (non-hydrogen) atoms. The minimum Gasteiger partial charge on any atom is -0.336 e.